The molecule has 0 aliphatic carbocycles. The molecular formula is C9H8N2O2. The lowest BCUT2D eigenvalue weighted by atomic mass is 10.3. The summed E-state index contributed by atoms with van der Waals surface area (Å²) < 4.78 is 10.0. The number of methoxy groups -OCH3 is 1. The van der Waals surface area contributed by atoms with Crippen LogP contribution in [0.5, 0.6) is 5.88 Å². The van der Waals surface area contributed by atoms with E-state index in [2.05, 4.69) is 9.97 Å². The van der Waals surface area contributed by atoms with E-state index in [0.29, 0.717) is 11.8 Å². The molecule has 0 atom stereocenters. The number of hydrogen-bond acceptors (Lipinski definition) is 4. The normalized spacial score (nSPS) is 9.92. The summed E-state index contributed by atoms with van der Waals surface area (Å²) in [4.78, 5) is 8.03. The molecule has 0 aliphatic heterocycles. The molecule has 0 saturated carbocycles. The second-order valence-corrected chi connectivity index (χ2v) is 2.43. The first-order valence-electron chi connectivity index (χ1n) is 3.80. The molecule has 2 aromatic heterocycles. The van der Waals surface area contributed by atoms with Crippen LogP contribution < -0.4 is 4.74 Å². The molecule has 0 spiro atoms. The summed E-state index contributed by atoms with van der Waals surface area (Å²) in [6.45, 7) is 0. The molecule has 13 heavy (non-hydrogen) atoms. The van der Waals surface area contributed by atoms with E-state index in [1.165, 1.54) is 6.26 Å². The van der Waals surface area contributed by atoms with E-state index in [9.17, 15) is 0 Å². The lowest BCUT2D eigenvalue weighted by Gasteiger charge is -1.97. The molecule has 0 bridgehead atoms. The van der Waals surface area contributed by atoms with Gasteiger partial charge in [0.05, 0.1) is 18.9 Å². The van der Waals surface area contributed by atoms with Gasteiger partial charge in [0.1, 0.15) is 6.26 Å². The van der Waals surface area contributed by atoms with E-state index in [0.717, 1.165) is 5.56 Å². The molecule has 4 heteroatoms. The van der Waals surface area contributed by atoms with E-state index in [-0.39, 0.29) is 0 Å². The Balaban J connectivity index is 2.33. The molecule has 2 rings (SSSR count). The first kappa shape index (κ1) is 7.79. The molecule has 2 aromatic rings. The number of pyridine rings is 1. The standard InChI is InChI=1S/C9H8N2O2/c1-12-8-3-2-7(6-11-8)9-10-4-5-13-9/h2-6H,1H3. The fraction of sp³-hybridized carbons (Fsp3) is 0.111. The molecule has 0 N–H and O–H groups in total. The number of hydrogen-bond donors (Lipinski definition) is 0. The minimum absolute atomic E-state index is 0.565. The monoisotopic (exact) mass is 176 g/mol. The number of oxazole rings is 1. The fourth-order valence-corrected chi connectivity index (χ4v) is 0.994. The zero-order valence-electron chi connectivity index (χ0n) is 7.10. The van der Waals surface area contributed by atoms with Gasteiger partial charge in [-0.25, -0.2) is 9.97 Å². The van der Waals surface area contributed by atoms with Gasteiger partial charge in [0.2, 0.25) is 11.8 Å². The van der Waals surface area contributed by atoms with Crippen LogP contribution >= 0.6 is 0 Å². The van der Waals surface area contributed by atoms with Gasteiger partial charge < -0.3 is 9.15 Å². The molecule has 0 amide bonds. The Hall–Kier alpha value is -1.84. The maximum absolute atomic E-state index is 5.10. The zero-order chi connectivity index (χ0) is 9.10. The topological polar surface area (TPSA) is 48.2 Å². The van der Waals surface area contributed by atoms with Crippen molar-refractivity contribution < 1.29 is 9.15 Å². The Morgan fingerprint density at radius 3 is 2.77 bits per heavy atom. The molecule has 0 saturated heterocycles. The van der Waals surface area contributed by atoms with Crippen molar-refractivity contribution in [3.63, 3.8) is 0 Å². The first-order valence-corrected chi connectivity index (χ1v) is 3.80. The van der Waals surface area contributed by atoms with Crippen molar-refractivity contribution in [2.45, 2.75) is 0 Å². The second-order valence-electron chi connectivity index (χ2n) is 2.43. The Labute approximate surface area is 75.2 Å². The summed E-state index contributed by atoms with van der Waals surface area (Å²) >= 11 is 0. The molecule has 0 fully saturated rings. The molecule has 0 radical (unpaired) electrons. The van der Waals surface area contributed by atoms with E-state index in [4.69, 9.17) is 9.15 Å². The molecular weight excluding hydrogens is 168 g/mol. The fourth-order valence-electron chi connectivity index (χ4n) is 0.994. The minimum atomic E-state index is 0.565. The molecule has 4 nitrogen and oxygen atoms in total. The Morgan fingerprint density at radius 2 is 2.23 bits per heavy atom. The Bertz CT molecular complexity index is 367. The summed E-state index contributed by atoms with van der Waals surface area (Å²) in [6, 6.07) is 3.61. The van der Waals surface area contributed by atoms with Crippen LogP contribution in [0.4, 0.5) is 0 Å². The average Bonchev–Trinajstić information content (AvgIpc) is 2.71. The van der Waals surface area contributed by atoms with Gasteiger partial charge in [0.25, 0.3) is 0 Å². The lowest BCUT2D eigenvalue weighted by molar-refractivity contribution is 0.398. The summed E-state index contributed by atoms with van der Waals surface area (Å²) in [6.07, 6.45) is 4.78. The minimum Gasteiger partial charge on any atom is -0.481 e. The highest BCUT2D eigenvalue weighted by Crippen LogP contribution is 2.17. The van der Waals surface area contributed by atoms with Crippen LogP contribution in [0.3, 0.4) is 0 Å². The van der Waals surface area contributed by atoms with Gasteiger partial charge in [0, 0.05) is 12.3 Å². The smallest absolute Gasteiger partial charge is 0.227 e. The van der Waals surface area contributed by atoms with Crippen molar-refractivity contribution in [2.24, 2.45) is 0 Å². The van der Waals surface area contributed by atoms with Gasteiger partial charge in [-0.2, -0.15) is 0 Å². The summed E-state index contributed by atoms with van der Waals surface area (Å²) in [7, 11) is 1.58. The molecule has 0 aromatic carbocycles. The molecule has 2 heterocycles. The highest BCUT2D eigenvalue weighted by Gasteiger charge is 2.02. The first-order chi connectivity index (χ1) is 6.40. The summed E-state index contributed by atoms with van der Waals surface area (Å²) in [5, 5.41) is 0. The van der Waals surface area contributed by atoms with Gasteiger partial charge >= 0.3 is 0 Å². The van der Waals surface area contributed by atoms with Crippen LogP contribution in [-0.2, 0) is 0 Å². The SMILES string of the molecule is COc1ccc(-c2ncco2)cn1. The van der Waals surface area contributed by atoms with Crippen molar-refractivity contribution in [1.29, 1.82) is 0 Å². The van der Waals surface area contributed by atoms with Gasteiger partial charge in [-0.15, -0.1) is 0 Å². The zero-order valence-corrected chi connectivity index (χ0v) is 7.10. The quantitative estimate of drug-likeness (QED) is 0.699. The highest BCUT2D eigenvalue weighted by molar-refractivity contribution is 5.51. The van der Waals surface area contributed by atoms with Crippen molar-refractivity contribution in [3.05, 3.63) is 30.8 Å². The van der Waals surface area contributed by atoms with E-state index >= 15 is 0 Å². The Kier molecular flexibility index (Phi) is 1.96. The maximum Gasteiger partial charge on any atom is 0.227 e. The largest absolute Gasteiger partial charge is 0.481 e. The number of rotatable bonds is 2. The molecule has 0 unspecified atom stereocenters. The molecule has 0 aliphatic rings. The van der Waals surface area contributed by atoms with Crippen LogP contribution in [0.1, 0.15) is 0 Å². The van der Waals surface area contributed by atoms with Gasteiger partial charge in [-0.3, -0.25) is 0 Å². The number of aromatic nitrogens is 2. The summed E-state index contributed by atoms with van der Waals surface area (Å²) in [5.41, 5.74) is 0.839. The highest BCUT2D eigenvalue weighted by atomic mass is 16.5. The molecule has 66 valence electrons. The van der Waals surface area contributed by atoms with Gasteiger partial charge in [-0.1, -0.05) is 0 Å². The Morgan fingerprint density at radius 1 is 1.31 bits per heavy atom. The van der Waals surface area contributed by atoms with Crippen LogP contribution in [0.2, 0.25) is 0 Å². The number of nitrogens with zero attached hydrogens (tertiary/aromatic N) is 2. The third-order valence-corrected chi connectivity index (χ3v) is 1.62. The van der Waals surface area contributed by atoms with Crippen molar-refractivity contribution in [3.8, 4) is 17.3 Å². The van der Waals surface area contributed by atoms with E-state index in [1.54, 1.807) is 25.6 Å². The second kappa shape index (κ2) is 3.26. The lowest BCUT2D eigenvalue weighted by Crippen LogP contribution is -1.86. The van der Waals surface area contributed by atoms with Crippen LogP contribution in [0, 0.1) is 0 Å². The van der Waals surface area contributed by atoms with Gasteiger partial charge in [0.15, 0.2) is 0 Å². The van der Waals surface area contributed by atoms with Crippen molar-refractivity contribution in [2.75, 3.05) is 7.11 Å². The third kappa shape index (κ3) is 1.51. The average molecular weight is 176 g/mol. The van der Waals surface area contributed by atoms with Crippen molar-refractivity contribution in [1.82, 2.24) is 9.97 Å². The predicted octanol–water partition coefficient (Wildman–Crippen LogP) is 1.75. The van der Waals surface area contributed by atoms with Gasteiger partial charge in [-0.05, 0) is 6.07 Å². The van der Waals surface area contributed by atoms with Crippen molar-refractivity contribution >= 4 is 0 Å². The van der Waals surface area contributed by atoms with Crippen LogP contribution in [-0.4, -0.2) is 17.1 Å². The predicted molar refractivity (Wildman–Crippen MR) is 46.3 cm³/mol. The van der Waals surface area contributed by atoms with E-state index in [1.807, 2.05) is 6.07 Å². The third-order valence-electron chi connectivity index (χ3n) is 1.62. The maximum atomic E-state index is 5.10. The van der Waals surface area contributed by atoms with Crippen LogP contribution in [0.15, 0.2) is 35.2 Å². The number of ether oxygens (including phenoxy) is 1. The van der Waals surface area contributed by atoms with E-state index < -0.39 is 0 Å². The summed E-state index contributed by atoms with van der Waals surface area (Å²) in [5.74, 6) is 1.14. The van der Waals surface area contributed by atoms with Crippen LogP contribution in [0.25, 0.3) is 11.5 Å².